The van der Waals surface area contributed by atoms with Gasteiger partial charge in [-0.3, -0.25) is 19.8 Å². The molecule has 7 heteroatoms. The number of hydrogen-bond acceptors (Lipinski definition) is 6. The van der Waals surface area contributed by atoms with Gasteiger partial charge in [0.15, 0.2) is 0 Å². The number of imide groups is 1. The summed E-state index contributed by atoms with van der Waals surface area (Å²) in [7, 11) is 0. The summed E-state index contributed by atoms with van der Waals surface area (Å²) >= 11 is 0. The second-order valence-electron chi connectivity index (χ2n) is 7.51. The standard InChI is InChI=1S/C19H27N5O2/c25-18-5-4-17(19(26)22-18)21-15-2-1-3-16(10-15)24-8-6-23(7-9-24)13-14-11-20-12-14/h1-3,10,14,17,20-21H,4-9,11-13H2,(H,22,25,26)/t17-/m0/s1. The van der Waals surface area contributed by atoms with E-state index in [2.05, 4.69) is 37.9 Å². The van der Waals surface area contributed by atoms with E-state index in [1.165, 1.54) is 12.2 Å². The maximum absolute atomic E-state index is 11.9. The quantitative estimate of drug-likeness (QED) is 0.656. The first-order chi connectivity index (χ1) is 12.7. The zero-order valence-electron chi connectivity index (χ0n) is 15.0. The van der Waals surface area contributed by atoms with Crippen molar-refractivity contribution in [3.8, 4) is 0 Å². The molecule has 140 valence electrons. The molecule has 7 nitrogen and oxygen atoms in total. The normalized spacial score (nSPS) is 24.9. The van der Waals surface area contributed by atoms with E-state index in [4.69, 9.17) is 0 Å². The molecule has 26 heavy (non-hydrogen) atoms. The Balaban J connectivity index is 1.32. The Hall–Kier alpha value is -2.12. The summed E-state index contributed by atoms with van der Waals surface area (Å²) in [5.41, 5.74) is 2.12. The van der Waals surface area contributed by atoms with E-state index in [1.807, 2.05) is 12.1 Å². The van der Waals surface area contributed by atoms with E-state index in [1.54, 1.807) is 0 Å². The highest BCUT2D eigenvalue weighted by Gasteiger charge is 2.27. The molecular weight excluding hydrogens is 330 g/mol. The number of benzene rings is 1. The molecule has 3 aliphatic heterocycles. The van der Waals surface area contributed by atoms with Gasteiger partial charge in [0.25, 0.3) is 0 Å². The molecule has 0 aromatic heterocycles. The lowest BCUT2D eigenvalue weighted by molar-refractivity contribution is -0.133. The molecular formula is C19H27N5O2. The smallest absolute Gasteiger partial charge is 0.249 e. The van der Waals surface area contributed by atoms with Gasteiger partial charge in [0.05, 0.1) is 0 Å². The van der Waals surface area contributed by atoms with E-state index >= 15 is 0 Å². The monoisotopic (exact) mass is 357 g/mol. The van der Waals surface area contributed by atoms with Crippen LogP contribution < -0.4 is 20.9 Å². The molecule has 1 aromatic rings. The van der Waals surface area contributed by atoms with Gasteiger partial charge >= 0.3 is 0 Å². The fourth-order valence-electron chi connectivity index (χ4n) is 3.86. The molecule has 0 bridgehead atoms. The molecule has 0 unspecified atom stereocenters. The Labute approximate surface area is 154 Å². The molecule has 0 saturated carbocycles. The van der Waals surface area contributed by atoms with Gasteiger partial charge in [0.2, 0.25) is 11.8 Å². The maximum atomic E-state index is 11.9. The van der Waals surface area contributed by atoms with Crippen LogP contribution in [-0.4, -0.2) is 68.6 Å². The first-order valence-electron chi connectivity index (χ1n) is 9.56. The molecule has 3 fully saturated rings. The van der Waals surface area contributed by atoms with Crippen LogP contribution in [0.1, 0.15) is 12.8 Å². The van der Waals surface area contributed by atoms with Crippen LogP contribution in [0.3, 0.4) is 0 Å². The predicted molar refractivity (Wildman–Crippen MR) is 101 cm³/mol. The largest absolute Gasteiger partial charge is 0.374 e. The maximum Gasteiger partial charge on any atom is 0.249 e. The molecule has 0 spiro atoms. The van der Waals surface area contributed by atoms with Crippen LogP contribution in [0.25, 0.3) is 0 Å². The highest BCUT2D eigenvalue weighted by molar-refractivity contribution is 6.01. The highest BCUT2D eigenvalue weighted by atomic mass is 16.2. The zero-order valence-corrected chi connectivity index (χ0v) is 15.0. The Kier molecular flexibility index (Phi) is 5.08. The van der Waals surface area contributed by atoms with Gasteiger partial charge < -0.3 is 15.5 Å². The van der Waals surface area contributed by atoms with Crippen LogP contribution in [0.15, 0.2) is 24.3 Å². The third-order valence-corrected chi connectivity index (χ3v) is 5.55. The summed E-state index contributed by atoms with van der Waals surface area (Å²) in [6.07, 6.45) is 0.936. The summed E-state index contributed by atoms with van der Waals surface area (Å²) in [4.78, 5) is 28.2. The van der Waals surface area contributed by atoms with Crippen LogP contribution in [-0.2, 0) is 9.59 Å². The Morgan fingerprint density at radius 3 is 2.62 bits per heavy atom. The van der Waals surface area contributed by atoms with Crippen molar-refractivity contribution in [1.29, 1.82) is 0 Å². The second kappa shape index (κ2) is 7.63. The van der Waals surface area contributed by atoms with Crippen LogP contribution in [0.5, 0.6) is 0 Å². The summed E-state index contributed by atoms with van der Waals surface area (Å²) in [6, 6.07) is 7.90. The number of amides is 2. The number of nitrogens with one attached hydrogen (secondary N) is 3. The molecule has 3 N–H and O–H groups in total. The Morgan fingerprint density at radius 1 is 1.12 bits per heavy atom. The van der Waals surface area contributed by atoms with Gasteiger partial charge in [-0.15, -0.1) is 0 Å². The van der Waals surface area contributed by atoms with Crippen molar-refractivity contribution in [2.45, 2.75) is 18.9 Å². The van der Waals surface area contributed by atoms with Crippen molar-refractivity contribution in [2.75, 3.05) is 56.0 Å². The van der Waals surface area contributed by atoms with E-state index in [0.29, 0.717) is 12.8 Å². The third-order valence-electron chi connectivity index (χ3n) is 5.55. The minimum Gasteiger partial charge on any atom is -0.374 e. The minimum atomic E-state index is -0.337. The van der Waals surface area contributed by atoms with Crippen LogP contribution in [0.4, 0.5) is 11.4 Å². The Morgan fingerprint density at radius 2 is 1.92 bits per heavy atom. The van der Waals surface area contributed by atoms with E-state index < -0.39 is 0 Å². The van der Waals surface area contributed by atoms with Crippen molar-refractivity contribution >= 4 is 23.2 Å². The van der Waals surface area contributed by atoms with Crippen molar-refractivity contribution in [2.24, 2.45) is 5.92 Å². The lowest BCUT2D eigenvalue weighted by Gasteiger charge is -2.39. The summed E-state index contributed by atoms with van der Waals surface area (Å²) < 4.78 is 0. The van der Waals surface area contributed by atoms with E-state index in [-0.39, 0.29) is 17.9 Å². The summed E-state index contributed by atoms with van der Waals surface area (Å²) in [6.45, 7) is 7.78. The topological polar surface area (TPSA) is 76.7 Å². The second-order valence-corrected chi connectivity index (χ2v) is 7.51. The van der Waals surface area contributed by atoms with Gasteiger partial charge in [0.1, 0.15) is 6.04 Å². The number of hydrogen-bond donors (Lipinski definition) is 3. The predicted octanol–water partition coefficient (Wildman–Crippen LogP) is 0.245. The number of anilines is 2. The lowest BCUT2D eigenvalue weighted by atomic mass is 10.0. The van der Waals surface area contributed by atoms with Crippen LogP contribution >= 0.6 is 0 Å². The van der Waals surface area contributed by atoms with E-state index in [9.17, 15) is 9.59 Å². The fourth-order valence-corrected chi connectivity index (χ4v) is 3.86. The molecule has 3 aliphatic rings. The van der Waals surface area contributed by atoms with Crippen molar-refractivity contribution < 1.29 is 9.59 Å². The number of carbonyl (C=O) groups excluding carboxylic acids is 2. The molecule has 3 saturated heterocycles. The van der Waals surface area contributed by atoms with Crippen LogP contribution in [0.2, 0.25) is 0 Å². The van der Waals surface area contributed by atoms with Crippen molar-refractivity contribution in [1.82, 2.24) is 15.5 Å². The van der Waals surface area contributed by atoms with Crippen LogP contribution in [0, 0.1) is 5.92 Å². The number of piperazine rings is 1. The average Bonchev–Trinajstić information content (AvgIpc) is 2.61. The van der Waals surface area contributed by atoms with Gasteiger partial charge in [-0.25, -0.2) is 0 Å². The molecule has 0 radical (unpaired) electrons. The molecule has 2 amide bonds. The molecule has 1 atom stereocenters. The molecule has 0 aliphatic carbocycles. The number of carbonyl (C=O) groups is 2. The van der Waals surface area contributed by atoms with E-state index in [0.717, 1.165) is 50.9 Å². The zero-order chi connectivity index (χ0) is 17.9. The lowest BCUT2D eigenvalue weighted by Crippen LogP contribution is -2.53. The number of nitrogens with zero attached hydrogens (tertiary/aromatic N) is 2. The molecule has 4 rings (SSSR count). The van der Waals surface area contributed by atoms with Gasteiger partial charge in [-0.2, -0.15) is 0 Å². The fraction of sp³-hybridized carbons (Fsp3) is 0.579. The number of piperidine rings is 1. The number of rotatable bonds is 5. The van der Waals surface area contributed by atoms with Gasteiger partial charge in [0, 0.05) is 63.6 Å². The SMILES string of the molecule is O=C1CC[C@H](Nc2cccc(N3CCN(CC4CNC4)CC3)c2)C(=O)N1. The first kappa shape index (κ1) is 17.3. The molecule has 3 heterocycles. The first-order valence-corrected chi connectivity index (χ1v) is 9.56. The van der Waals surface area contributed by atoms with Gasteiger partial charge in [-0.1, -0.05) is 6.07 Å². The summed E-state index contributed by atoms with van der Waals surface area (Å²) in [5.74, 6) is 0.408. The summed E-state index contributed by atoms with van der Waals surface area (Å²) in [5, 5.41) is 9.01. The third kappa shape index (κ3) is 3.99. The highest BCUT2D eigenvalue weighted by Crippen LogP contribution is 2.23. The minimum absolute atomic E-state index is 0.183. The van der Waals surface area contributed by atoms with Crippen molar-refractivity contribution in [3.05, 3.63) is 24.3 Å². The Bertz CT molecular complexity index is 668. The average molecular weight is 357 g/mol. The van der Waals surface area contributed by atoms with Crippen molar-refractivity contribution in [3.63, 3.8) is 0 Å². The molecule has 1 aromatic carbocycles. The van der Waals surface area contributed by atoms with Gasteiger partial charge in [-0.05, 0) is 30.5 Å².